The summed E-state index contributed by atoms with van der Waals surface area (Å²) in [4.78, 5) is 21.5. The smallest absolute Gasteiger partial charge is 0.313 e. The van der Waals surface area contributed by atoms with Crippen molar-refractivity contribution in [3.05, 3.63) is 22.6 Å². The van der Waals surface area contributed by atoms with Crippen molar-refractivity contribution >= 4 is 5.97 Å². The van der Waals surface area contributed by atoms with Crippen molar-refractivity contribution in [1.29, 1.82) is 0 Å². The van der Waals surface area contributed by atoms with Gasteiger partial charge in [0.05, 0.1) is 6.07 Å². The van der Waals surface area contributed by atoms with Crippen molar-refractivity contribution < 1.29 is 19.1 Å². The number of esters is 1. The predicted octanol–water partition coefficient (Wildman–Crippen LogP) is 0.661. The maximum absolute atomic E-state index is 10.8. The minimum Gasteiger partial charge on any atom is -0.502 e. The molecule has 1 aromatic heterocycles. The highest BCUT2D eigenvalue weighted by Gasteiger charge is 2.06. The molecule has 0 aromatic carbocycles. The molecule has 0 atom stereocenters. The number of carbonyl (C=O) groups excluding carboxylic acids is 1. The van der Waals surface area contributed by atoms with E-state index in [2.05, 4.69) is 9.15 Å². The van der Waals surface area contributed by atoms with Crippen LogP contribution in [0.15, 0.2) is 21.5 Å². The van der Waals surface area contributed by atoms with Gasteiger partial charge in [0.25, 0.3) is 5.95 Å². The molecule has 0 radical (unpaired) electrons. The van der Waals surface area contributed by atoms with Crippen LogP contribution >= 0.6 is 0 Å². The molecular weight excluding hydrogens is 176 g/mol. The number of carbonyl (C=O) groups is 1. The fourth-order valence-corrected chi connectivity index (χ4v) is 0.625. The van der Waals surface area contributed by atoms with Crippen LogP contribution < -0.4 is 10.2 Å². The fraction of sp³-hybridized carbons (Fsp3) is 0.250. The van der Waals surface area contributed by atoms with E-state index in [1.54, 1.807) is 6.92 Å². The predicted molar refractivity (Wildman–Crippen MR) is 42.6 cm³/mol. The monoisotopic (exact) mass is 184 g/mol. The second-order valence-electron chi connectivity index (χ2n) is 2.28. The molecule has 70 valence electrons. The number of ether oxygens (including phenoxy) is 1. The first-order valence-electron chi connectivity index (χ1n) is 3.66. The van der Waals surface area contributed by atoms with Gasteiger partial charge in [0.15, 0.2) is 5.75 Å². The van der Waals surface area contributed by atoms with Crippen LogP contribution in [0.2, 0.25) is 0 Å². The van der Waals surface area contributed by atoms with Crippen LogP contribution in [0.4, 0.5) is 0 Å². The van der Waals surface area contributed by atoms with Gasteiger partial charge in [-0.2, -0.15) is 0 Å². The van der Waals surface area contributed by atoms with E-state index in [-0.39, 0.29) is 12.4 Å². The molecule has 0 aliphatic rings. The Morgan fingerprint density at radius 2 is 2.38 bits per heavy atom. The fourth-order valence-electron chi connectivity index (χ4n) is 0.625. The second kappa shape index (κ2) is 3.75. The first-order chi connectivity index (χ1) is 6.13. The Morgan fingerprint density at radius 1 is 1.69 bits per heavy atom. The third-order valence-corrected chi connectivity index (χ3v) is 1.29. The van der Waals surface area contributed by atoms with Gasteiger partial charge in [-0.25, -0.2) is 0 Å². The van der Waals surface area contributed by atoms with Crippen molar-refractivity contribution in [3.63, 3.8) is 0 Å². The van der Waals surface area contributed by atoms with Gasteiger partial charge in [-0.15, -0.1) is 0 Å². The lowest BCUT2D eigenvalue weighted by atomic mass is 10.4. The van der Waals surface area contributed by atoms with Crippen LogP contribution in [0.1, 0.15) is 13.3 Å². The third kappa shape index (κ3) is 2.33. The molecule has 0 bridgehead atoms. The molecule has 0 fully saturated rings. The average molecular weight is 184 g/mol. The van der Waals surface area contributed by atoms with Crippen molar-refractivity contribution in [2.45, 2.75) is 13.3 Å². The summed E-state index contributed by atoms with van der Waals surface area (Å²) in [6.45, 7) is 1.61. The first-order valence-corrected chi connectivity index (χ1v) is 3.66. The molecule has 1 N–H and O–H groups in total. The molecule has 0 aliphatic heterocycles. The summed E-state index contributed by atoms with van der Waals surface area (Å²) in [5.41, 5.74) is -0.648. The van der Waals surface area contributed by atoms with E-state index in [0.29, 0.717) is 0 Å². The average Bonchev–Trinajstić information content (AvgIpc) is 2.11. The molecule has 1 heterocycles. The molecule has 1 aromatic rings. The molecule has 0 unspecified atom stereocenters. The standard InChI is InChI=1S/C8H8O5/c1-2-7(11)13-8-3-5(9)6(10)4-12-8/h3-4,10H,2H2,1H3. The lowest BCUT2D eigenvalue weighted by Crippen LogP contribution is -2.07. The van der Waals surface area contributed by atoms with Crippen LogP contribution in [0.25, 0.3) is 0 Å². The van der Waals surface area contributed by atoms with E-state index >= 15 is 0 Å². The zero-order chi connectivity index (χ0) is 9.84. The molecular formula is C8H8O5. The van der Waals surface area contributed by atoms with Gasteiger partial charge in [-0.1, -0.05) is 6.92 Å². The molecule has 5 nitrogen and oxygen atoms in total. The van der Waals surface area contributed by atoms with E-state index in [4.69, 9.17) is 5.11 Å². The summed E-state index contributed by atoms with van der Waals surface area (Å²) < 4.78 is 9.20. The van der Waals surface area contributed by atoms with Crippen LogP contribution in [-0.2, 0) is 4.79 Å². The van der Waals surface area contributed by atoms with Gasteiger partial charge < -0.3 is 14.3 Å². The summed E-state index contributed by atoms with van der Waals surface area (Å²) in [6, 6.07) is 0.906. The highest BCUT2D eigenvalue weighted by molar-refractivity contribution is 5.71. The van der Waals surface area contributed by atoms with Crippen molar-refractivity contribution in [2.75, 3.05) is 0 Å². The lowest BCUT2D eigenvalue weighted by Gasteiger charge is -1.99. The Labute approximate surface area is 73.6 Å². The van der Waals surface area contributed by atoms with Crippen molar-refractivity contribution in [1.82, 2.24) is 0 Å². The van der Waals surface area contributed by atoms with Gasteiger partial charge in [-0.05, 0) is 0 Å². The van der Waals surface area contributed by atoms with Gasteiger partial charge in [0.1, 0.15) is 6.26 Å². The number of hydrogen-bond donors (Lipinski definition) is 1. The Balaban J connectivity index is 2.86. The van der Waals surface area contributed by atoms with Crippen LogP contribution in [0.5, 0.6) is 11.7 Å². The molecule has 0 spiro atoms. The van der Waals surface area contributed by atoms with Gasteiger partial charge in [-0.3, -0.25) is 9.59 Å². The van der Waals surface area contributed by atoms with Gasteiger partial charge in [0, 0.05) is 6.42 Å². The highest BCUT2D eigenvalue weighted by atomic mass is 16.6. The van der Waals surface area contributed by atoms with Gasteiger partial charge in [0.2, 0.25) is 5.43 Å². The van der Waals surface area contributed by atoms with Crippen molar-refractivity contribution in [2.24, 2.45) is 0 Å². The normalized spacial score (nSPS) is 9.62. The Hall–Kier alpha value is -1.78. The SMILES string of the molecule is CCC(=O)Oc1cc(=O)c(O)co1. The van der Waals surface area contributed by atoms with Gasteiger partial charge >= 0.3 is 5.97 Å². The largest absolute Gasteiger partial charge is 0.502 e. The van der Waals surface area contributed by atoms with E-state index < -0.39 is 17.1 Å². The number of hydrogen-bond acceptors (Lipinski definition) is 5. The Kier molecular flexibility index (Phi) is 2.69. The lowest BCUT2D eigenvalue weighted by molar-refractivity contribution is -0.135. The molecule has 0 saturated heterocycles. The molecule has 0 amide bonds. The molecule has 0 aliphatic carbocycles. The zero-order valence-electron chi connectivity index (χ0n) is 6.94. The summed E-state index contributed by atoms with van der Waals surface area (Å²) in [5.74, 6) is -1.24. The zero-order valence-corrected chi connectivity index (χ0v) is 6.94. The highest BCUT2D eigenvalue weighted by Crippen LogP contribution is 2.11. The summed E-state index contributed by atoms with van der Waals surface area (Å²) >= 11 is 0. The van der Waals surface area contributed by atoms with E-state index in [1.807, 2.05) is 0 Å². The topological polar surface area (TPSA) is 76.7 Å². The summed E-state index contributed by atoms with van der Waals surface area (Å²) in [5, 5.41) is 8.79. The number of aromatic hydroxyl groups is 1. The summed E-state index contributed by atoms with van der Waals surface area (Å²) in [6.07, 6.45) is 1.01. The van der Waals surface area contributed by atoms with Crippen LogP contribution in [0.3, 0.4) is 0 Å². The minimum atomic E-state index is -0.648. The van der Waals surface area contributed by atoms with Crippen LogP contribution in [0, 0.1) is 0 Å². The molecule has 5 heteroatoms. The van der Waals surface area contributed by atoms with Crippen molar-refractivity contribution in [3.8, 4) is 11.7 Å². The first kappa shape index (κ1) is 9.31. The molecule has 0 saturated carbocycles. The Morgan fingerprint density at radius 3 is 2.92 bits per heavy atom. The van der Waals surface area contributed by atoms with E-state index in [9.17, 15) is 9.59 Å². The Bertz CT molecular complexity index is 365. The summed E-state index contributed by atoms with van der Waals surface area (Å²) in [7, 11) is 0. The van der Waals surface area contributed by atoms with Crippen LogP contribution in [-0.4, -0.2) is 11.1 Å². The third-order valence-electron chi connectivity index (χ3n) is 1.29. The molecule has 1 rings (SSSR count). The second-order valence-corrected chi connectivity index (χ2v) is 2.28. The molecule has 13 heavy (non-hydrogen) atoms. The minimum absolute atomic E-state index is 0.185. The maximum atomic E-state index is 10.8. The number of rotatable bonds is 2. The maximum Gasteiger partial charge on any atom is 0.313 e. The quantitative estimate of drug-likeness (QED) is 0.683. The van der Waals surface area contributed by atoms with E-state index in [1.165, 1.54) is 0 Å². The van der Waals surface area contributed by atoms with E-state index in [0.717, 1.165) is 12.3 Å².